The van der Waals surface area contributed by atoms with Gasteiger partial charge >= 0.3 is 0 Å². The van der Waals surface area contributed by atoms with Crippen molar-refractivity contribution in [2.45, 2.75) is 38.4 Å². The molecule has 1 aromatic carbocycles. The summed E-state index contributed by atoms with van der Waals surface area (Å²) in [4.78, 5) is 5.23. The van der Waals surface area contributed by atoms with Crippen LogP contribution in [0, 0.1) is 0 Å². The molecule has 0 bridgehead atoms. The molecular formula is C16H25N3. The Morgan fingerprint density at radius 2 is 1.74 bits per heavy atom. The van der Waals surface area contributed by atoms with Crippen molar-refractivity contribution in [2.24, 2.45) is 5.73 Å². The van der Waals surface area contributed by atoms with Gasteiger partial charge in [0.05, 0.1) is 0 Å². The average Bonchev–Trinajstić information content (AvgIpc) is 3.25. The molecule has 0 radical (unpaired) electrons. The molecule has 3 heteroatoms. The van der Waals surface area contributed by atoms with Gasteiger partial charge in [-0.1, -0.05) is 24.3 Å². The van der Waals surface area contributed by atoms with Gasteiger partial charge in [-0.2, -0.15) is 0 Å². The number of hydrogen-bond acceptors (Lipinski definition) is 3. The molecule has 0 unspecified atom stereocenters. The second-order valence-corrected chi connectivity index (χ2v) is 6.07. The quantitative estimate of drug-likeness (QED) is 0.897. The van der Waals surface area contributed by atoms with Crippen molar-refractivity contribution in [1.29, 1.82) is 0 Å². The molecule has 1 atom stereocenters. The highest BCUT2D eigenvalue weighted by atomic mass is 15.3. The van der Waals surface area contributed by atoms with Crippen LogP contribution in [-0.2, 0) is 6.54 Å². The van der Waals surface area contributed by atoms with Crippen molar-refractivity contribution in [1.82, 2.24) is 9.80 Å². The number of piperazine rings is 1. The Hall–Kier alpha value is -0.900. The maximum atomic E-state index is 5.88. The van der Waals surface area contributed by atoms with Crippen LogP contribution in [0.3, 0.4) is 0 Å². The van der Waals surface area contributed by atoms with Gasteiger partial charge in [-0.25, -0.2) is 0 Å². The monoisotopic (exact) mass is 259 g/mol. The van der Waals surface area contributed by atoms with Gasteiger partial charge in [0.15, 0.2) is 0 Å². The van der Waals surface area contributed by atoms with Crippen molar-refractivity contribution >= 4 is 0 Å². The molecule has 0 spiro atoms. The highest BCUT2D eigenvalue weighted by molar-refractivity contribution is 5.24. The number of rotatable bonds is 4. The zero-order chi connectivity index (χ0) is 13.2. The second-order valence-electron chi connectivity index (χ2n) is 6.07. The van der Waals surface area contributed by atoms with Gasteiger partial charge in [-0.3, -0.25) is 9.80 Å². The molecule has 1 heterocycles. The summed E-state index contributed by atoms with van der Waals surface area (Å²) < 4.78 is 0. The minimum Gasteiger partial charge on any atom is -0.324 e. The molecular weight excluding hydrogens is 234 g/mol. The Balaban J connectivity index is 1.51. The van der Waals surface area contributed by atoms with Crippen LogP contribution < -0.4 is 5.73 Å². The summed E-state index contributed by atoms with van der Waals surface area (Å²) in [6.07, 6.45) is 2.86. The van der Waals surface area contributed by atoms with E-state index in [2.05, 4.69) is 34.1 Å². The van der Waals surface area contributed by atoms with Gasteiger partial charge in [0.2, 0.25) is 0 Å². The van der Waals surface area contributed by atoms with Crippen LogP contribution in [0.5, 0.6) is 0 Å². The van der Waals surface area contributed by atoms with Gasteiger partial charge < -0.3 is 5.73 Å². The molecule has 1 aliphatic heterocycles. The van der Waals surface area contributed by atoms with E-state index in [1.165, 1.54) is 50.1 Å². The van der Waals surface area contributed by atoms with Crippen molar-refractivity contribution in [2.75, 3.05) is 26.2 Å². The van der Waals surface area contributed by atoms with Gasteiger partial charge in [-0.05, 0) is 30.9 Å². The van der Waals surface area contributed by atoms with E-state index in [0.717, 1.165) is 12.6 Å². The van der Waals surface area contributed by atoms with Crippen LogP contribution in [0.25, 0.3) is 0 Å². The molecule has 3 rings (SSSR count). The van der Waals surface area contributed by atoms with E-state index in [0.29, 0.717) is 0 Å². The molecule has 2 N–H and O–H groups in total. The van der Waals surface area contributed by atoms with Gasteiger partial charge in [0.25, 0.3) is 0 Å². The molecule has 3 nitrogen and oxygen atoms in total. The van der Waals surface area contributed by atoms with Crippen LogP contribution in [-0.4, -0.2) is 42.0 Å². The lowest BCUT2D eigenvalue weighted by atomic mass is 10.1. The van der Waals surface area contributed by atoms with E-state index in [-0.39, 0.29) is 6.04 Å². The fourth-order valence-electron chi connectivity index (χ4n) is 2.91. The third kappa shape index (κ3) is 3.35. The maximum Gasteiger partial charge on any atom is 0.0266 e. The number of hydrogen-bond donors (Lipinski definition) is 1. The summed E-state index contributed by atoms with van der Waals surface area (Å²) in [6.45, 7) is 8.05. The number of nitrogens with two attached hydrogens (primary N) is 1. The van der Waals surface area contributed by atoms with Crippen LogP contribution in [0.2, 0.25) is 0 Å². The van der Waals surface area contributed by atoms with Crippen molar-refractivity contribution < 1.29 is 0 Å². The predicted molar refractivity (Wildman–Crippen MR) is 78.9 cm³/mol. The zero-order valence-electron chi connectivity index (χ0n) is 11.9. The van der Waals surface area contributed by atoms with Crippen molar-refractivity contribution in [3.8, 4) is 0 Å². The number of nitrogens with zero attached hydrogens (tertiary/aromatic N) is 2. The predicted octanol–water partition coefficient (Wildman–Crippen LogP) is 1.99. The fraction of sp³-hybridized carbons (Fsp3) is 0.625. The zero-order valence-corrected chi connectivity index (χ0v) is 11.9. The van der Waals surface area contributed by atoms with Crippen LogP contribution in [0.15, 0.2) is 24.3 Å². The first-order chi connectivity index (χ1) is 9.22. The normalized spacial score (nSPS) is 23.5. The smallest absolute Gasteiger partial charge is 0.0266 e. The summed E-state index contributed by atoms with van der Waals surface area (Å²) in [7, 11) is 0. The Labute approximate surface area is 116 Å². The molecule has 1 aromatic rings. The fourth-order valence-corrected chi connectivity index (χ4v) is 2.91. The van der Waals surface area contributed by atoms with Gasteiger partial charge in [0, 0.05) is 44.8 Å². The lowest BCUT2D eigenvalue weighted by molar-refractivity contribution is 0.121. The van der Waals surface area contributed by atoms with Crippen molar-refractivity contribution in [3.63, 3.8) is 0 Å². The van der Waals surface area contributed by atoms with E-state index in [1.54, 1.807) is 0 Å². The summed E-state index contributed by atoms with van der Waals surface area (Å²) >= 11 is 0. The first-order valence-corrected chi connectivity index (χ1v) is 7.53. The largest absolute Gasteiger partial charge is 0.324 e. The van der Waals surface area contributed by atoms with Gasteiger partial charge in [-0.15, -0.1) is 0 Å². The molecule has 2 aliphatic rings. The third-order valence-electron chi connectivity index (χ3n) is 4.38. The Kier molecular flexibility index (Phi) is 3.87. The molecule has 0 aromatic heterocycles. The lowest BCUT2D eigenvalue weighted by Crippen LogP contribution is -2.46. The maximum absolute atomic E-state index is 5.88. The third-order valence-corrected chi connectivity index (χ3v) is 4.38. The SMILES string of the molecule is C[C@H](N)c1ccc(CN2CCN(C3CC3)CC2)cc1. The lowest BCUT2D eigenvalue weighted by Gasteiger charge is -2.34. The second kappa shape index (κ2) is 5.61. The standard InChI is InChI=1S/C16H25N3/c1-13(17)15-4-2-14(3-5-15)12-18-8-10-19(11-9-18)16-6-7-16/h2-5,13,16H,6-12,17H2,1H3/t13-/m0/s1. The molecule has 104 valence electrons. The first kappa shape index (κ1) is 13.1. The highest BCUT2D eigenvalue weighted by Gasteiger charge is 2.30. The minimum atomic E-state index is 0.135. The molecule has 1 saturated heterocycles. The van der Waals surface area contributed by atoms with Crippen LogP contribution >= 0.6 is 0 Å². The van der Waals surface area contributed by atoms with E-state index in [1.807, 2.05) is 6.92 Å². The molecule has 2 fully saturated rings. The first-order valence-electron chi connectivity index (χ1n) is 7.53. The van der Waals surface area contributed by atoms with Crippen LogP contribution in [0.4, 0.5) is 0 Å². The Bertz CT molecular complexity index is 401. The van der Waals surface area contributed by atoms with E-state index in [4.69, 9.17) is 5.73 Å². The topological polar surface area (TPSA) is 32.5 Å². The summed E-state index contributed by atoms with van der Waals surface area (Å²) in [6, 6.07) is 9.85. The van der Waals surface area contributed by atoms with Crippen LogP contribution in [0.1, 0.15) is 36.9 Å². The molecule has 1 aliphatic carbocycles. The number of benzene rings is 1. The van der Waals surface area contributed by atoms with E-state index >= 15 is 0 Å². The highest BCUT2D eigenvalue weighted by Crippen LogP contribution is 2.27. The summed E-state index contributed by atoms with van der Waals surface area (Å²) in [5, 5.41) is 0. The molecule has 0 amide bonds. The Morgan fingerprint density at radius 3 is 2.26 bits per heavy atom. The van der Waals surface area contributed by atoms with E-state index in [9.17, 15) is 0 Å². The summed E-state index contributed by atoms with van der Waals surface area (Å²) in [5.74, 6) is 0. The average molecular weight is 259 g/mol. The minimum absolute atomic E-state index is 0.135. The van der Waals surface area contributed by atoms with Crippen molar-refractivity contribution in [3.05, 3.63) is 35.4 Å². The Morgan fingerprint density at radius 1 is 1.11 bits per heavy atom. The molecule has 1 saturated carbocycles. The molecule has 19 heavy (non-hydrogen) atoms. The van der Waals surface area contributed by atoms with Gasteiger partial charge in [0.1, 0.15) is 0 Å². The summed E-state index contributed by atoms with van der Waals surface area (Å²) in [5.41, 5.74) is 8.51. The van der Waals surface area contributed by atoms with E-state index < -0.39 is 0 Å².